The first-order chi connectivity index (χ1) is 3.93. The van der Waals surface area contributed by atoms with E-state index in [0.717, 1.165) is 6.54 Å². The van der Waals surface area contributed by atoms with E-state index < -0.39 is 0 Å². The Morgan fingerprint density at radius 1 is 1.22 bits per heavy atom. The summed E-state index contributed by atoms with van der Waals surface area (Å²) in [6.07, 6.45) is 2.64. The molecule has 0 saturated carbocycles. The molecule has 0 unspecified atom stereocenters. The Balaban J connectivity index is 0.000000640. The highest BCUT2D eigenvalue weighted by atomic mass is 35.5. The van der Waals surface area contributed by atoms with Crippen molar-refractivity contribution in [2.75, 3.05) is 26.2 Å². The fourth-order valence-corrected chi connectivity index (χ4v) is 1.15. The molecule has 0 atom stereocenters. The van der Waals surface area contributed by atoms with Crippen LogP contribution in [0.1, 0.15) is 12.8 Å². The van der Waals surface area contributed by atoms with Gasteiger partial charge in [-0.05, 0) is 25.9 Å². The topological polar surface area (TPSA) is 23.5 Å². The number of halogens is 1. The van der Waals surface area contributed by atoms with E-state index >= 15 is 0 Å². The van der Waals surface area contributed by atoms with Gasteiger partial charge in [-0.2, -0.15) is 0 Å². The van der Waals surface area contributed by atoms with Gasteiger partial charge in [-0.25, -0.2) is 0 Å². The molecule has 3 heteroatoms. The van der Waals surface area contributed by atoms with Crippen molar-refractivity contribution in [2.45, 2.75) is 12.8 Å². The van der Waals surface area contributed by atoms with Crippen molar-refractivity contribution in [3.05, 3.63) is 0 Å². The smallest absolute Gasteiger partial charge is 0.0558 e. The predicted octanol–water partition coefficient (Wildman–Crippen LogP) is 0.496. The zero-order chi connectivity index (χ0) is 5.82. The normalized spacial score (nSPS) is 19.7. The van der Waals surface area contributed by atoms with Gasteiger partial charge in [0.15, 0.2) is 0 Å². The number of aliphatic hydroxyl groups excluding tert-OH is 1. The average molecular weight is 152 g/mol. The van der Waals surface area contributed by atoms with Crippen LogP contribution in [0.2, 0.25) is 0 Å². The molecule has 0 aromatic heterocycles. The Morgan fingerprint density at radius 3 is 2.22 bits per heavy atom. The number of hydrogen-bond donors (Lipinski definition) is 1. The minimum absolute atomic E-state index is 0. The molecule has 0 aromatic carbocycles. The molecule has 0 radical (unpaired) electrons. The Hall–Kier alpha value is 0.210. The number of β-amino-alcohol motifs (C(OH)–C–C–N with tert-alkyl or cyclic N) is 1. The molecular weight excluding hydrogens is 138 g/mol. The van der Waals surface area contributed by atoms with Crippen LogP contribution in [0.15, 0.2) is 0 Å². The lowest BCUT2D eigenvalue weighted by Crippen LogP contribution is -2.22. The van der Waals surface area contributed by atoms with E-state index in [0.29, 0.717) is 6.61 Å². The van der Waals surface area contributed by atoms with Crippen molar-refractivity contribution >= 4 is 12.4 Å². The molecule has 2 nitrogen and oxygen atoms in total. The molecule has 1 N–H and O–H groups in total. The summed E-state index contributed by atoms with van der Waals surface area (Å²) in [5.41, 5.74) is 0. The van der Waals surface area contributed by atoms with Gasteiger partial charge < -0.3 is 10.0 Å². The van der Waals surface area contributed by atoms with Crippen LogP contribution in [0.4, 0.5) is 0 Å². The SMILES string of the molecule is Cl.OCCN1CCCC1. The molecule has 56 valence electrons. The molecule has 1 fully saturated rings. The number of aliphatic hydroxyl groups is 1. The van der Waals surface area contributed by atoms with E-state index in [4.69, 9.17) is 5.11 Å². The fraction of sp³-hybridized carbons (Fsp3) is 1.00. The first-order valence-corrected chi connectivity index (χ1v) is 3.26. The average Bonchev–Trinajstić information content (AvgIpc) is 2.19. The third-order valence-electron chi connectivity index (χ3n) is 1.61. The van der Waals surface area contributed by atoms with Crippen molar-refractivity contribution < 1.29 is 5.11 Å². The molecule has 0 spiro atoms. The molecule has 1 heterocycles. The van der Waals surface area contributed by atoms with E-state index in [1.54, 1.807) is 0 Å². The van der Waals surface area contributed by atoms with Crippen molar-refractivity contribution in [1.29, 1.82) is 0 Å². The van der Waals surface area contributed by atoms with Crippen molar-refractivity contribution in [2.24, 2.45) is 0 Å². The van der Waals surface area contributed by atoms with Crippen LogP contribution in [-0.4, -0.2) is 36.2 Å². The van der Waals surface area contributed by atoms with Gasteiger partial charge in [0.25, 0.3) is 0 Å². The first kappa shape index (κ1) is 9.21. The summed E-state index contributed by atoms with van der Waals surface area (Å²) in [6, 6.07) is 0. The molecule has 0 aliphatic carbocycles. The zero-order valence-corrected chi connectivity index (χ0v) is 6.36. The summed E-state index contributed by atoms with van der Waals surface area (Å²) in [4.78, 5) is 2.29. The van der Waals surface area contributed by atoms with Crippen molar-refractivity contribution in [3.63, 3.8) is 0 Å². The second-order valence-electron chi connectivity index (χ2n) is 2.27. The second-order valence-corrected chi connectivity index (χ2v) is 2.27. The third-order valence-corrected chi connectivity index (χ3v) is 1.61. The van der Waals surface area contributed by atoms with Gasteiger partial charge in [-0.15, -0.1) is 12.4 Å². The van der Waals surface area contributed by atoms with Gasteiger partial charge in [0.05, 0.1) is 6.61 Å². The maximum atomic E-state index is 8.48. The quantitative estimate of drug-likeness (QED) is 0.621. The number of rotatable bonds is 2. The zero-order valence-electron chi connectivity index (χ0n) is 5.55. The Morgan fingerprint density at radius 2 is 1.78 bits per heavy atom. The van der Waals surface area contributed by atoms with Gasteiger partial charge >= 0.3 is 0 Å². The summed E-state index contributed by atoms with van der Waals surface area (Å²) < 4.78 is 0. The Bertz CT molecular complexity index is 64.1. The molecule has 0 bridgehead atoms. The molecule has 9 heavy (non-hydrogen) atoms. The first-order valence-electron chi connectivity index (χ1n) is 3.26. The molecule has 1 rings (SSSR count). The number of likely N-dealkylation sites (tertiary alicyclic amines) is 1. The van der Waals surface area contributed by atoms with Crippen LogP contribution in [0, 0.1) is 0 Å². The van der Waals surface area contributed by atoms with Crippen LogP contribution in [0.5, 0.6) is 0 Å². The van der Waals surface area contributed by atoms with E-state index in [9.17, 15) is 0 Å². The highest BCUT2D eigenvalue weighted by Gasteiger charge is 2.08. The van der Waals surface area contributed by atoms with Crippen LogP contribution >= 0.6 is 12.4 Å². The number of nitrogens with zero attached hydrogens (tertiary/aromatic N) is 1. The fourth-order valence-electron chi connectivity index (χ4n) is 1.15. The van der Waals surface area contributed by atoms with Gasteiger partial charge in [0, 0.05) is 6.54 Å². The highest BCUT2D eigenvalue weighted by molar-refractivity contribution is 5.85. The third kappa shape index (κ3) is 3.04. The van der Waals surface area contributed by atoms with E-state index in [1.165, 1.54) is 25.9 Å². The van der Waals surface area contributed by atoms with Crippen LogP contribution in [0.3, 0.4) is 0 Å². The molecule has 0 aromatic rings. The van der Waals surface area contributed by atoms with E-state index in [-0.39, 0.29) is 12.4 Å². The molecule has 1 aliphatic rings. The molecular formula is C6H14ClNO. The van der Waals surface area contributed by atoms with E-state index in [1.807, 2.05) is 0 Å². The van der Waals surface area contributed by atoms with Gasteiger partial charge in [0.2, 0.25) is 0 Å². The second kappa shape index (κ2) is 5.03. The van der Waals surface area contributed by atoms with Crippen LogP contribution in [0.25, 0.3) is 0 Å². The summed E-state index contributed by atoms with van der Waals surface area (Å²) in [5.74, 6) is 0. The minimum atomic E-state index is 0. The maximum Gasteiger partial charge on any atom is 0.0558 e. The van der Waals surface area contributed by atoms with Crippen LogP contribution < -0.4 is 0 Å². The lowest BCUT2D eigenvalue weighted by molar-refractivity contribution is 0.221. The van der Waals surface area contributed by atoms with Crippen molar-refractivity contribution in [3.8, 4) is 0 Å². The molecule has 1 saturated heterocycles. The molecule has 0 amide bonds. The highest BCUT2D eigenvalue weighted by Crippen LogP contribution is 2.04. The summed E-state index contributed by atoms with van der Waals surface area (Å²) in [5, 5.41) is 8.48. The van der Waals surface area contributed by atoms with Gasteiger partial charge in [-0.3, -0.25) is 0 Å². The summed E-state index contributed by atoms with van der Waals surface area (Å²) in [7, 11) is 0. The minimum Gasteiger partial charge on any atom is -0.395 e. The summed E-state index contributed by atoms with van der Waals surface area (Å²) in [6.45, 7) is 3.58. The molecule has 1 aliphatic heterocycles. The van der Waals surface area contributed by atoms with Crippen molar-refractivity contribution in [1.82, 2.24) is 4.90 Å². The van der Waals surface area contributed by atoms with Gasteiger partial charge in [-0.1, -0.05) is 0 Å². The van der Waals surface area contributed by atoms with Crippen LogP contribution in [-0.2, 0) is 0 Å². The van der Waals surface area contributed by atoms with Gasteiger partial charge in [0.1, 0.15) is 0 Å². The summed E-state index contributed by atoms with van der Waals surface area (Å²) >= 11 is 0. The van der Waals surface area contributed by atoms with E-state index in [2.05, 4.69) is 4.90 Å². The standard InChI is InChI=1S/C6H13NO.ClH/c8-6-5-7-3-1-2-4-7;/h8H,1-6H2;1H. The maximum absolute atomic E-state index is 8.48. The monoisotopic (exact) mass is 151 g/mol. The largest absolute Gasteiger partial charge is 0.395 e. The Labute approximate surface area is 62.3 Å². The number of hydrogen-bond acceptors (Lipinski definition) is 2. The lowest BCUT2D eigenvalue weighted by Gasteiger charge is -2.10. The Kier molecular flexibility index (Phi) is 5.15. The lowest BCUT2D eigenvalue weighted by atomic mass is 10.4. The predicted molar refractivity (Wildman–Crippen MR) is 40.0 cm³/mol.